The largest absolute Gasteiger partial charge is 0.411 e. The molecule has 0 atom stereocenters. The van der Waals surface area contributed by atoms with Crippen LogP contribution in [0, 0.1) is 0 Å². The quantitative estimate of drug-likeness (QED) is 0.465. The van der Waals surface area contributed by atoms with E-state index in [4.69, 9.17) is 5.21 Å². The van der Waals surface area contributed by atoms with Crippen molar-refractivity contribution in [2.24, 2.45) is 5.16 Å². The van der Waals surface area contributed by atoms with Crippen LogP contribution >= 0.6 is 0 Å². The highest BCUT2D eigenvalue weighted by molar-refractivity contribution is 6.00. The first kappa shape index (κ1) is 7.28. The van der Waals surface area contributed by atoms with Gasteiger partial charge >= 0.3 is 0 Å². The number of hydrogen-bond donors (Lipinski definition) is 1. The second-order valence-electron chi connectivity index (χ2n) is 2.91. The molecule has 62 valence electrons. The van der Waals surface area contributed by atoms with Gasteiger partial charge in [0.05, 0.1) is 5.69 Å². The van der Waals surface area contributed by atoms with Crippen molar-refractivity contribution in [2.75, 3.05) is 0 Å². The molecule has 0 bridgehead atoms. The van der Waals surface area contributed by atoms with Gasteiger partial charge in [0.15, 0.2) is 0 Å². The molecule has 0 fully saturated rings. The number of aromatic nitrogens is 1. The minimum absolute atomic E-state index is 0.719. The molecule has 3 nitrogen and oxygen atoms in total. The first-order valence-corrected chi connectivity index (χ1v) is 4.07. The van der Waals surface area contributed by atoms with E-state index in [2.05, 4.69) is 10.1 Å². The summed E-state index contributed by atoms with van der Waals surface area (Å²) in [4.78, 5) is 4.18. The Morgan fingerprint density at radius 3 is 3.17 bits per heavy atom. The molecule has 0 saturated carbocycles. The van der Waals surface area contributed by atoms with Crippen molar-refractivity contribution in [1.82, 2.24) is 4.98 Å². The molecule has 0 aliphatic heterocycles. The highest BCUT2D eigenvalue weighted by Gasteiger charge is 2.15. The van der Waals surface area contributed by atoms with Gasteiger partial charge in [-0.15, -0.1) is 0 Å². The number of aryl methyl sites for hydroxylation is 1. The monoisotopic (exact) mass is 162 g/mol. The Morgan fingerprint density at radius 1 is 1.42 bits per heavy atom. The van der Waals surface area contributed by atoms with Gasteiger partial charge in [0, 0.05) is 6.20 Å². The lowest BCUT2D eigenvalue weighted by molar-refractivity contribution is 0.317. The minimum atomic E-state index is 0.719. The summed E-state index contributed by atoms with van der Waals surface area (Å²) in [6, 6.07) is 3.95. The van der Waals surface area contributed by atoms with Gasteiger partial charge in [-0.2, -0.15) is 0 Å². The van der Waals surface area contributed by atoms with Gasteiger partial charge < -0.3 is 5.21 Å². The number of hydrogen-bond acceptors (Lipinski definition) is 3. The van der Waals surface area contributed by atoms with Crippen LogP contribution in [-0.2, 0) is 6.42 Å². The summed E-state index contributed by atoms with van der Waals surface area (Å²) in [5.74, 6) is 0. The van der Waals surface area contributed by atoms with Crippen LogP contribution in [0.3, 0.4) is 0 Å². The minimum Gasteiger partial charge on any atom is -0.411 e. The Morgan fingerprint density at radius 2 is 2.33 bits per heavy atom. The van der Waals surface area contributed by atoms with Gasteiger partial charge in [0.1, 0.15) is 5.71 Å². The zero-order valence-electron chi connectivity index (χ0n) is 6.70. The molecule has 0 saturated heterocycles. The first-order valence-electron chi connectivity index (χ1n) is 4.07. The maximum absolute atomic E-state index is 8.69. The molecule has 2 rings (SSSR count). The normalized spacial score (nSPS) is 19.2. The summed E-state index contributed by atoms with van der Waals surface area (Å²) in [5, 5.41) is 11.9. The van der Waals surface area contributed by atoms with E-state index in [0.29, 0.717) is 0 Å². The van der Waals surface area contributed by atoms with Crippen LogP contribution in [0.5, 0.6) is 0 Å². The first-order chi connectivity index (χ1) is 5.92. The van der Waals surface area contributed by atoms with Crippen molar-refractivity contribution >= 4 is 5.71 Å². The van der Waals surface area contributed by atoms with Crippen LogP contribution in [0.25, 0.3) is 0 Å². The zero-order valence-corrected chi connectivity index (χ0v) is 6.70. The molecule has 1 aromatic rings. The van der Waals surface area contributed by atoms with Crippen molar-refractivity contribution < 1.29 is 5.21 Å². The standard InChI is InChI=1S/C9H10N2O/c12-11-8-5-1-3-7-4-2-6-10-9(7)8/h2,4,6,12H,1,3,5H2/b11-8+. The Kier molecular flexibility index (Phi) is 1.78. The van der Waals surface area contributed by atoms with Gasteiger partial charge in [-0.25, -0.2) is 0 Å². The molecule has 1 aliphatic carbocycles. The average molecular weight is 162 g/mol. The third kappa shape index (κ3) is 1.07. The maximum Gasteiger partial charge on any atom is 0.105 e. The lowest BCUT2D eigenvalue weighted by atomic mass is 9.95. The van der Waals surface area contributed by atoms with E-state index in [-0.39, 0.29) is 0 Å². The molecule has 1 aromatic heterocycles. The Hall–Kier alpha value is -1.38. The van der Waals surface area contributed by atoms with Crippen molar-refractivity contribution in [3.05, 3.63) is 29.6 Å². The number of oxime groups is 1. The molecule has 1 heterocycles. The van der Waals surface area contributed by atoms with Gasteiger partial charge in [0.25, 0.3) is 0 Å². The van der Waals surface area contributed by atoms with Gasteiger partial charge in [-0.05, 0) is 30.9 Å². The van der Waals surface area contributed by atoms with Crippen molar-refractivity contribution in [3.8, 4) is 0 Å². The summed E-state index contributed by atoms with van der Waals surface area (Å²) in [7, 11) is 0. The van der Waals surface area contributed by atoms with Crippen LogP contribution in [0.15, 0.2) is 23.5 Å². The maximum atomic E-state index is 8.69. The molecular formula is C9H10N2O. The molecule has 3 heteroatoms. The summed E-state index contributed by atoms with van der Waals surface area (Å²) in [5.41, 5.74) is 2.78. The average Bonchev–Trinajstić information content (AvgIpc) is 2.17. The van der Waals surface area contributed by atoms with Gasteiger partial charge in [-0.1, -0.05) is 11.2 Å². The van der Waals surface area contributed by atoms with E-state index in [1.807, 2.05) is 12.1 Å². The summed E-state index contributed by atoms with van der Waals surface area (Å²) >= 11 is 0. The van der Waals surface area contributed by atoms with Crippen LogP contribution in [0.2, 0.25) is 0 Å². The van der Waals surface area contributed by atoms with Crippen LogP contribution in [0.4, 0.5) is 0 Å². The SMILES string of the molecule is O/N=C1\CCCc2cccnc21. The summed E-state index contributed by atoms with van der Waals surface area (Å²) in [6.07, 6.45) is 4.66. The Labute approximate surface area is 70.7 Å². The zero-order chi connectivity index (χ0) is 8.39. The fourth-order valence-corrected chi connectivity index (χ4v) is 1.56. The van der Waals surface area contributed by atoms with E-state index in [0.717, 1.165) is 30.7 Å². The van der Waals surface area contributed by atoms with Crippen molar-refractivity contribution in [2.45, 2.75) is 19.3 Å². The molecule has 0 unspecified atom stereocenters. The van der Waals surface area contributed by atoms with Crippen molar-refractivity contribution in [3.63, 3.8) is 0 Å². The molecular weight excluding hydrogens is 152 g/mol. The van der Waals surface area contributed by atoms with Crippen LogP contribution in [0.1, 0.15) is 24.1 Å². The van der Waals surface area contributed by atoms with Crippen molar-refractivity contribution in [1.29, 1.82) is 0 Å². The van der Waals surface area contributed by atoms with E-state index in [9.17, 15) is 0 Å². The molecule has 0 amide bonds. The molecule has 0 radical (unpaired) electrons. The second kappa shape index (κ2) is 2.93. The molecule has 0 spiro atoms. The predicted octanol–water partition coefficient (Wildman–Crippen LogP) is 1.60. The highest BCUT2D eigenvalue weighted by Crippen LogP contribution is 2.18. The van der Waals surface area contributed by atoms with E-state index in [1.165, 1.54) is 5.56 Å². The molecule has 1 N–H and O–H groups in total. The number of nitrogens with zero attached hydrogens (tertiary/aromatic N) is 2. The molecule has 0 aromatic carbocycles. The summed E-state index contributed by atoms with van der Waals surface area (Å²) in [6.45, 7) is 0. The smallest absolute Gasteiger partial charge is 0.105 e. The van der Waals surface area contributed by atoms with Gasteiger partial charge in [-0.3, -0.25) is 4.98 Å². The topological polar surface area (TPSA) is 45.5 Å². The Balaban J connectivity index is 2.51. The predicted molar refractivity (Wildman–Crippen MR) is 45.5 cm³/mol. The third-order valence-corrected chi connectivity index (χ3v) is 2.15. The lowest BCUT2D eigenvalue weighted by Crippen LogP contribution is -2.13. The van der Waals surface area contributed by atoms with E-state index < -0.39 is 0 Å². The van der Waals surface area contributed by atoms with E-state index >= 15 is 0 Å². The van der Waals surface area contributed by atoms with E-state index in [1.54, 1.807) is 6.20 Å². The third-order valence-electron chi connectivity index (χ3n) is 2.15. The number of pyridine rings is 1. The molecule has 1 aliphatic rings. The fraction of sp³-hybridized carbons (Fsp3) is 0.333. The van der Waals surface area contributed by atoms with Crippen LogP contribution < -0.4 is 0 Å². The Bertz CT molecular complexity index is 320. The molecule has 12 heavy (non-hydrogen) atoms. The summed E-state index contributed by atoms with van der Waals surface area (Å²) < 4.78 is 0. The van der Waals surface area contributed by atoms with Crippen LogP contribution in [-0.4, -0.2) is 15.9 Å². The fourth-order valence-electron chi connectivity index (χ4n) is 1.56. The second-order valence-corrected chi connectivity index (χ2v) is 2.91. The van der Waals surface area contributed by atoms with Gasteiger partial charge in [0.2, 0.25) is 0 Å². The lowest BCUT2D eigenvalue weighted by Gasteiger charge is -2.14. The number of rotatable bonds is 0. The number of fused-ring (bicyclic) bond motifs is 1. The highest BCUT2D eigenvalue weighted by atomic mass is 16.4.